The first-order chi connectivity index (χ1) is 49.8. The molecule has 105 heavy (non-hydrogen) atoms. The van der Waals surface area contributed by atoms with E-state index in [1.807, 2.05) is 0 Å². The molecule has 41 nitrogen and oxygen atoms in total. The summed E-state index contributed by atoms with van der Waals surface area (Å²) in [6, 6.07) is 2.51. The molecule has 0 spiro atoms. The van der Waals surface area contributed by atoms with Crippen molar-refractivity contribution in [1.29, 1.82) is 0 Å². The molecule has 1 aromatic rings. The molecule has 8 saturated heterocycles. The Kier molecular flexibility index (Phi) is 26.7. The normalized spacial score (nSPS) is 32.8. The first-order valence-corrected chi connectivity index (χ1v) is 34.2. The van der Waals surface area contributed by atoms with Crippen molar-refractivity contribution >= 4 is 125 Å². The van der Waals surface area contributed by atoms with E-state index < -0.39 is 286 Å². The van der Waals surface area contributed by atoms with Gasteiger partial charge >= 0.3 is 78.1 Å². The molecule has 0 aliphatic carbocycles. The Hall–Kier alpha value is -7.69. The van der Waals surface area contributed by atoms with Gasteiger partial charge in [-0.15, -0.1) is 34.8 Å². The van der Waals surface area contributed by atoms with Crippen LogP contribution >= 0.6 is 46.6 Å². The lowest BCUT2D eigenvalue weighted by Crippen LogP contribution is -2.68. The minimum absolute atomic E-state index is 0.308. The second-order valence-electron chi connectivity index (χ2n) is 24.3. The number of rotatable bonds is 32. The second-order valence-corrected chi connectivity index (χ2v) is 26.5. The van der Waals surface area contributed by atoms with Crippen LogP contribution in [0.15, 0.2) is 35.2 Å². The Labute approximate surface area is 612 Å². The number of halogens is 3. The lowest BCUT2D eigenvalue weighted by Gasteiger charge is -2.47. The zero-order chi connectivity index (χ0) is 76.6. The number of alkyl carbamates (subject to hydrolysis) is 4. The fourth-order valence-electron chi connectivity index (χ4n) is 13.1. The zero-order valence-corrected chi connectivity index (χ0v) is 59.1. The average molecular weight is 1580 g/mol. The molecule has 4 amide bonds. The minimum Gasteiger partial charge on any atom is -0.466 e. The SMILES string of the molecule is COC(=O)[C@@]1(OC[C@@H](O)[C@@H](O)[C@@H]2O[C@@](OC[C@@H](O)[C@@H](O)[C@@H]3O[C@@](Sc4ccccc4)(C(=O)OC)C[C@@H]4OC(=O)N[C@@H]34)(C(=O)OC)C[C@@H]3OC(=O)N[C@@H]23)C[C@@H]2OC(=O)N[C@H]2[C@H]([C@H](OC(C)=O)[C@@H](CO[C@]2(C(=O)OC)C[C@@H]3OC(=O)N[C@H]3[C@H]([C@H](OC(=O)CCl)[C@@H](COC(=O)CCl)OC(=O)CCl)O2)OC(C)=O)O1. The molecule has 582 valence electrons. The van der Waals surface area contributed by atoms with E-state index in [1.165, 1.54) is 0 Å². The van der Waals surface area contributed by atoms with Crippen LogP contribution in [0.5, 0.6) is 0 Å². The van der Waals surface area contributed by atoms with Gasteiger partial charge in [-0.1, -0.05) is 30.0 Å². The standard InChI is InChI=1S/C60H73Cl3N4O37S/c1-23(68)93-33(22-92-59(51(79)87-5)14-30-40(67-56(84)98-30)48(103-59)44(100-36(74)18-63)32(95-35(73)17-62)21-89-34(72)16-61)43(94-24(2)69)47-39-29(97-55(83)66-39)13-58(102-47,50(78)86-4)91-19-26(70)41(75)45-37-28(96-53(81)64-37)12-57(101-45,49(77)85-3)90-20-27(71)42(76)46-38-31(99-54(82)65-38)15-60(104-46,52(80)88-6)105-25-10-8-7-9-11-25/h7-11,26-33,37-48,70-71,75-76H,12-22H2,1-6H3,(H,64,81)(H,65,82)(H,66,83)(H,67,84)/t26-,27-,28+,29+,30+,31+,32-,33-,37-,38-,39-,40-,41-,42-,43-,44-,45-,46-,47-,48-,57-,58-,59-,60+/m1/s1. The molecule has 0 aromatic heterocycles. The highest BCUT2D eigenvalue weighted by Gasteiger charge is 2.67. The molecule has 24 atom stereocenters. The zero-order valence-electron chi connectivity index (χ0n) is 56.0. The summed E-state index contributed by atoms with van der Waals surface area (Å²) in [5.41, 5.74) is 0. The van der Waals surface area contributed by atoms with Crippen LogP contribution in [-0.4, -0.2) is 315 Å². The van der Waals surface area contributed by atoms with Gasteiger partial charge in [-0.3, -0.25) is 24.0 Å². The number of carbonyl (C=O) groups excluding carboxylic acids is 13. The van der Waals surface area contributed by atoms with Crippen molar-refractivity contribution in [2.75, 3.05) is 72.5 Å². The number of amides is 4. The Morgan fingerprint density at radius 1 is 0.467 bits per heavy atom. The van der Waals surface area contributed by atoms with Crippen LogP contribution < -0.4 is 21.3 Å². The molecule has 0 radical (unpaired) electrons. The summed E-state index contributed by atoms with van der Waals surface area (Å²) in [6.07, 6.45) is -38.5. The van der Waals surface area contributed by atoms with Crippen molar-refractivity contribution in [2.45, 2.75) is 189 Å². The number of ether oxygens (including phenoxy) is 20. The number of alkyl halides is 3. The number of methoxy groups -OCH3 is 4. The highest BCUT2D eigenvalue weighted by molar-refractivity contribution is 8.01. The van der Waals surface area contributed by atoms with Crippen molar-refractivity contribution in [1.82, 2.24) is 21.3 Å². The Morgan fingerprint density at radius 2 is 0.829 bits per heavy atom. The van der Waals surface area contributed by atoms with Crippen LogP contribution in [0, 0.1) is 0 Å². The molecule has 1 aromatic carbocycles. The third kappa shape index (κ3) is 18.0. The summed E-state index contributed by atoms with van der Waals surface area (Å²) in [6.45, 7) is -2.92. The fraction of sp³-hybridized carbons (Fsp3) is 0.683. The van der Waals surface area contributed by atoms with Crippen LogP contribution in [0.25, 0.3) is 0 Å². The van der Waals surface area contributed by atoms with E-state index in [9.17, 15) is 82.8 Å². The first-order valence-electron chi connectivity index (χ1n) is 31.7. The van der Waals surface area contributed by atoms with Gasteiger partial charge < -0.3 is 136 Å². The second kappa shape index (κ2) is 34.5. The van der Waals surface area contributed by atoms with E-state index in [0.717, 1.165) is 54.0 Å². The van der Waals surface area contributed by atoms with Gasteiger partial charge in [-0.2, -0.15) is 0 Å². The van der Waals surface area contributed by atoms with E-state index in [1.54, 1.807) is 30.3 Å². The molecular formula is C60H73Cl3N4O37S. The van der Waals surface area contributed by atoms with E-state index in [-0.39, 0.29) is 6.42 Å². The summed E-state index contributed by atoms with van der Waals surface area (Å²) < 4.78 is 113. The maximum absolute atomic E-state index is 14.4. The molecule has 0 bridgehead atoms. The van der Waals surface area contributed by atoms with Gasteiger partial charge in [0.2, 0.25) is 4.93 Å². The quantitative estimate of drug-likeness (QED) is 0.0200. The van der Waals surface area contributed by atoms with Crippen molar-refractivity contribution in [3.8, 4) is 0 Å². The predicted molar refractivity (Wildman–Crippen MR) is 334 cm³/mol. The monoisotopic (exact) mass is 1580 g/mol. The first kappa shape index (κ1) is 81.4. The summed E-state index contributed by atoms with van der Waals surface area (Å²) in [5, 5.41) is 57.6. The Balaban J connectivity index is 0.987. The minimum atomic E-state index is -2.99. The predicted octanol–water partition coefficient (Wildman–Crippen LogP) is -3.24. The fourth-order valence-corrected chi connectivity index (χ4v) is 14.5. The number of hydrogen-bond donors (Lipinski definition) is 8. The van der Waals surface area contributed by atoms with Crippen molar-refractivity contribution < 1.29 is 177 Å². The number of esters is 9. The number of carbonyl (C=O) groups is 13. The highest BCUT2D eigenvalue weighted by atomic mass is 35.5. The van der Waals surface area contributed by atoms with Gasteiger partial charge in [0.25, 0.3) is 17.4 Å². The number of hydrogen-bond acceptors (Lipinski definition) is 38. The smallest absolute Gasteiger partial charge is 0.407 e. The van der Waals surface area contributed by atoms with Gasteiger partial charge in [0.05, 0.1) is 91.7 Å². The molecule has 8 aliphatic heterocycles. The van der Waals surface area contributed by atoms with Crippen LogP contribution in [0.3, 0.4) is 0 Å². The molecule has 9 rings (SSSR count). The van der Waals surface area contributed by atoms with Crippen molar-refractivity contribution in [3.63, 3.8) is 0 Å². The van der Waals surface area contributed by atoms with E-state index in [0.29, 0.717) is 4.90 Å². The summed E-state index contributed by atoms with van der Waals surface area (Å²) >= 11 is 18.1. The molecule has 0 saturated carbocycles. The van der Waals surface area contributed by atoms with E-state index in [4.69, 9.17) is 130 Å². The molecule has 45 heteroatoms. The van der Waals surface area contributed by atoms with E-state index >= 15 is 0 Å². The number of fused-ring (bicyclic) bond motifs is 4. The molecular weight excluding hydrogens is 1510 g/mol. The number of benzene rings is 1. The number of thioether (sulfide) groups is 1. The molecule has 8 N–H and O–H groups in total. The Morgan fingerprint density at radius 3 is 1.24 bits per heavy atom. The maximum atomic E-state index is 14.4. The van der Waals surface area contributed by atoms with Gasteiger partial charge in [-0.25, -0.2) is 38.4 Å². The number of aliphatic hydroxyl groups excluding tert-OH is 4. The van der Waals surface area contributed by atoms with Crippen LogP contribution in [0.2, 0.25) is 0 Å². The van der Waals surface area contributed by atoms with Gasteiger partial charge in [-0.05, 0) is 12.1 Å². The van der Waals surface area contributed by atoms with Crippen LogP contribution in [-0.2, 0) is 138 Å². The van der Waals surface area contributed by atoms with Crippen LogP contribution in [0.1, 0.15) is 39.5 Å². The topological polar surface area (TPSA) is 536 Å². The molecule has 0 unspecified atom stereocenters. The summed E-state index contributed by atoms with van der Waals surface area (Å²) in [4.78, 5) is 172. The molecule has 8 aliphatic rings. The number of aliphatic hydroxyl groups is 4. The summed E-state index contributed by atoms with van der Waals surface area (Å²) in [7, 11) is 3.60. The third-order valence-corrected chi connectivity index (χ3v) is 19.5. The van der Waals surface area contributed by atoms with Gasteiger partial charge in [0, 0.05) is 25.2 Å². The van der Waals surface area contributed by atoms with Crippen molar-refractivity contribution in [2.24, 2.45) is 0 Å². The van der Waals surface area contributed by atoms with Crippen LogP contribution in [0.4, 0.5) is 19.2 Å². The van der Waals surface area contributed by atoms with E-state index in [2.05, 4.69) is 21.3 Å². The van der Waals surface area contributed by atoms with Gasteiger partial charge in [0.15, 0.2) is 24.4 Å². The molecule has 8 fully saturated rings. The highest BCUT2D eigenvalue weighted by Crippen LogP contribution is 2.48. The van der Waals surface area contributed by atoms with Crippen molar-refractivity contribution in [3.05, 3.63) is 30.3 Å². The third-order valence-electron chi connectivity index (χ3n) is 17.6. The van der Waals surface area contributed by atoms with Gasteiger partial charge in [0.1, 0.15) is 97.5 Å². The lowest BCUT2D eigenvalue weighted by molar-refractivity contribution is -0.329. The summed E-state index contributed by atoms with van der Waals surface area (Å²) in [5.74, 6) is -22.6. The largest absolute Gasteiger partial charge is 0.466 e. The molecule has 8 heterocycles. The number of nitrogens with one attached hydrogen (secondary N) is 4. The maximum Gasteiger partial charge on any atom is 0.407 e. The average Bonchev–Trinajstić information content (AvgIpc) is 1.75. The Bertz CT molecular complexity index is 3430. The lowest BCUT2D eigenvalue weighted by atomic mass is 9.88.